The van der Waals surface area contributed by atoms with Crippen molar-refractivity contribution in [1.82, 2.24) is 4.98 Å². The van der Waals surface area contributed by atoms with Crippen LogP contribution >= 0.6 is 0 Å². The zero-order valence-electron chi connectivity index (χ0n) is 14.1. The van der Waals surface area contributed by atoms with Crippen LogP contribution in [0.5, 0.6) is 0 Å². The summed E-state index contributed by atoms with van der Waals surface area (Å²) in [4.78, 5) is 16.6. The molecule has 0 aliphatic rings. The highest BCUT2D eigenvalue weighted by Gasteiger charge is 2.11. The van der Waals surface area contributed by atoms with E-state index in [0.29, 0.717) is 11.4 Å². The fourth-order valence-corrected chi connectivity index (χ4v) is 2.51. The number of amides is 1. The number of hydrogen-bond donors (Lipinski definition) is 2. The minimum Gasteiger partial charge on any atom is -0.340 e. The molecule has 0 unspecified atom stereocenters. The molecule has 0 aliphatic carbocycles. The Labute approximate surface area is 149 Å². The normalized spacial score (nSPS) is 10.4. The monoisotopic (exact) mass is 353 g/mol. The molecule has 6 heteroatoms. The first-order valence-electron chi connectivity index (χ1n) is 8.14. The Morgan fingerprint density at radius 2 is 1.85 bits per heavy atom. The van der Waals surface area contributed by atoms with Crippen LogP contribution in [0.15, 0.2) is 60.8 Å². The van der Waals surface area contributed by atoms with Gasteiger partial charge in [0, 0.05) is 23.5 Å². The SMILES string of the molecule is CCc1ccccc1Nc1cc(C(=O)Nc2ccc(F)cc2F)ccn1. The Morgan fingerprint density at radius 1 is 1.04 bits per heavy atom. The molecule has 4 nitrogen and oxygen atoms in total. The molecule has 1 aromatic heterocycles. The Morgan fingerprint density at radius 3 is 2.62 bits per heavy atom. The molecular weight excluding hydrogens is 336 g/mol. The summed E-state index contributed by atoms with van der Waals surface area (Å²) in [6, 6.07) is 13.9. The Balaban J connectivity index is 1.79. The molecule has 26 heavy (non-hydrogen) atoms. The van der Waals surface area contributed by atoms with E-state index in [1.807, 2.05) is 24.3 Å². The number of nitrogens with one attached hydrogen (secondary N) is 2. The second kappa shape index (κ2) is 7.74. The van der Waals surface area contributed by atoms with Crippen molar-refractivity contribution in [3.05, 3.63) is 83.6 Å². The zero-order valence-corrected chi connectivity index (χ0v) is 14.1. The van der Waals surface area contributed by atoms with E-state index in [1.165, 1.54) is 18.3 Å². The third-order valence-corrected chi connectivity index (χ3v) is 3.86. The van der Waals surface area contributed by atoms with Crippen LogP contribution in [0.2, 0.25) is 0 Å². The summed E-state index contributed by atoms with van der Waals surface area (Å²) >= 11 is 0. The predicted octanol–water partition coefficient (Wildman–Crippen LogP) is 4.92. The summed E-state index contributed by atoms with van der Waals surface area (Å²) in [6.45, 7) is 2.05. The molecule has 3 rings (SSSR count). The van der Waals surface area contributed by atoms with E-state index >= 15 is 0 Å². The average Bonchev–Trinajstić information content (AvgIpc) is 2.64. The molecule has 0 saturated heterocycles. The molecule has 1 amide bonds. The zero-order chi connectivity index (χ0) is 18.5. The van der Waals surface area contributed by atoms with Gasteiger partial charge in [-0.1, -0.05) is 25.1 Å². The smallest absolute Gasteiger partial charge is 0.255 e. The van der Waals surface area contributed by atoms with Crippen LogP contribution in [0, 0.1) is 11.6 Å². The van der Waals surface area contributed by atoms with Gasteiger partial charge in [0.25, 0.3) is 5.91 Å². The molecule has 0 saturated carbocycles. The molecule has 0 atom stereocenters. The number of carbonyl (C=O) groups is 1. The van der Waals surface area contributed by atoms with Gasteiger partial charge in [-0.15, -0.1) is 0 Å². The van der Waals surface area contributed by atoms with Crippen LogP contribution in [0.25, 0.3) is 0 Å². The standard InChI is InChI=1S/C20H17F2N3O/c1-2-13-5-3-4-6-17(13)24-19-11-14(9-10-23-19)20(26)25-18-8-7-15(21)12-16(18)22/h3-12H,2H2,1H3,(H,23,24)(H,25,26). The predicted molar refractivity (Wildman–Crippen MR) is 97.7 cm³/mol. The summed E-state index contributed by atoms with van der Waals surface area (Å²) in [5, 5.41) is 5.62. The molecule has 132 valence electrons. The van der Waals surface area contributed by atoms with E-state index in [1.54, 1.807) is 6.07 Å². The molecule has 0 aliphatic heterocycles. The number of anilines is 3. The number of aryl methyl sites for hydroxylation is 1. The summed E-state index contributed by atoms with van der Waals surface area (Å²) in [5.74, 6) is -1.55. The highest BCUT2D eigenvalue weighted by atomic mass is 19.1. The maximum atomic E-state index is 13.7. The minimum atomic E-state index is -0.831. The van der Waals surface area contributed by atoms with Gasteiger partial charge in [0.05, 0.1) is 5.69 Å². The summed E-state index contributed by atoms with van der Waals surface area (Å²) < 4.78 is 26.7. The van der Waals surface area contributed by atoms with Crippen LogP contribution < -0.4 is 10.6 Å². The largest absolute Gasteiger partial charge is 0.340 e. The third kappa shape index (κ3) is 4.03. The van der Waals surface area contributed by atoms with Gasteiger partial charge in [0.2, 0.25) is 0 Å². The first-order valence-corrected chi connectivity index (χ1v) is 8.14. The first kappa shape index (κ1) is 17.5. The number of benzene rings is 2. The van der Waals surface area contributed by atoms with Crippen molar-refractivity contribution in [2.24, 2.45) is 0 Å². The van der Waals surface area contributed by atoms with E-state index < -0.39 is 17.5 Å². The number of pyridine rings is 1. The van der Waals surface area contributed by atoms with Crippen molar-refractivity contribution in [2.75, 3.05) is 10.6 Å². The van der Waals surface area contributed by atoms with Crippen molar-refractivity contribution in [2.45, 2.75) is 13.3 Å². The number of aromatic nitrogens is 1. The second-order valence-electron chi connectivity index (χ2n) is 5.64. The number of para-hydroxylation sites is 1. The molecule has 0 fully saturated rings. The van der Waals surface area contributed by atoms with Crippen LogP contribution in [0.1, 0.15) is 22.8 Å². The molecule has 1 heterocycles. The summed E-state index contributed by atoms with van der Waals surface area (Å²) in [5.41, 5.74) is 2.25. The Kier molecular flexibility index (Phi) is 5.22. The number of rotatable bonds is 5. The van der Waals surface area contributed by atoms with Crippen LogP contribution in [-0.4, -0.2) is 10.9 Å². The summed E-state index contributed by atoms with van der Waals surface area (Å²) in [6.07, 6.45) is 2.35. The number of halogens is 2. The van der Waals surface area contributed by atoms with Crippen LogP contribution in [0.4, 0.5) is 26.0 Å². The molecular formula is C20H17F2N3O. The topological polar surface area (TPSA) is 54.0 Å². The molecule has 2 N–H and O–H groups in total. The average molecular weight is 353 g/mol. The van der Waals surface area contributed by atoms with Gasteiger partial charge < -0.3 is 10.6 Å². The van der Waals surface area contributed by atoms with Gasteiger partial charge in [-0.05, 0) is 42.3 Å². The molecule has 0 radical (unpaired) electrons. The van der Waals surface area contributed by atoms with Gasteiger partial charge in [-0.3, -0.25) is 4.79 Å². The van der Waals surface area contributed by atoms with E-state index in [0.717, 1.165) is 29.8 Å². The van der Waals surface area contributed by atoms with E-state index in [4.69, 9.17) is 0 Å². The lowest BCUT2D eigenvalue weighted by atomic mass is 10.1. The van der Waals surface area contributed by atoms with Gasteiger partial charge in [-0.25, -0.2) is 13.8 Å². The number of hydrogen-bond acceptors (Lipinski definition) is 3. The van der Waals surface area contributed by atoms with E-state index in [-0.39, 0.29) is 5.69 Å². The summed E-state index contributed by atoms with van der Waals surface area (Å²) in [7, 11) is 0. The molecule has 0 spiro atoms. The van der Waals surface area contributed by atoms with Crippen molar-refractivity contribution in [3.63, 3.8) is 0 Å². The third-order valence-electron chi connectivity index (χ3n) is 3.86. The molecule has 0 bridgehead atoms. The first-order chi connectivity index (χ1) is 12.6. The van der Waals surface area contributed by atoms with Gasteiger partial charge in [0.15, 0.2) is 0 Å². The highest BCUT2D eigenvalue weighted by molar-refractivity contribution is 6.04. The lowest BCUT2D eigenvalue weighted by Gasteiger charge is -2.11. The van der Waals surface area contributed by atoms with Crippen molar-refractivity contribution >= 4 is 23.1 Å². The number of carbonyl (C=O) groups excluding carboxylic acids is 1. The Hall–Kier alpha value is -3.28. The van der Waals surface area contributed by atoms with Gasteiger partial charge in [0.1, 0.15) is 17.5 Å². The van der Waals surface area contributed by atoms with Crippen molar-refractivity contribution in [3.8, 4) is 0 Å². The lowest BCUT2D eigenvalue weighted by Crippen LogP contribution is -2.13. The fourth-order valence-electron chi connectivity index (χ4n) is 2.51. The minimum absolute atomic E-state index is 0.0842. The second-order valence-corrected chi connectivity index (χ2v) is 5.64. The maximum Gasteiger partial charge on any atom is 0.255 e. The molecule has 3 aromatic rings. The molecule has 2 aromatic carbocycles. The quantitative estimate of drug-likeness (QED) is 0.685. The van der Waals surface area contributed by atoms with E-state index in [2.05, 4.69) is 22.5 Å². The number of nitrogens with zero attached hydrogens (tertiary/aromatic N) is 1. The lowest BCUT2D eigenvalue weighted by molar-refractivity contribution is 0.102. The maximum absolute atomic E-state index is 13.7. The Bertz CT molecular complexity index is 944. The van der Waals surface area contributed by atoms with Crippen LogP contribution in [0.3, 0.4) is 0 Å². The van der Waals surface area contributed by atoms with E-state index in [9.17, 15) is 13.6 Å². The van der Waals surface area contributed by atoms with Crippen molar-refractivity contribution < 1.29 is 13.6 Å². The van der Waals surface area contributed by atoms with Gasteiger partial charge in [-0.2, -0.15) is 0 Å². The van der Waals surface area contributed by atoms with Crippen LogP contribution in [-0.2, 0) is 6.42 Å². The van der Waals surface area contributed by atoms with Crippen molar-refractivity contribution in [1.29, 1.82) is 0 Å². The highest BCUT2D eigenvalue weighted by Crippen LogP contribution is 2.21. The van der Waals surface area contributed by atoms with Gasteiger partial charge >= 0.3 is 0 Å². The fraction of sp³-hybridized carbons (Fsp3) is 0.100.